The zero-order chi connectivity index (χ0) is 16.4. The quantitative estimate of drug-likeness (QED) is 0.877. The van der Waals surface area contributed by atoms with Crippen molar-refractivity contribution in [2.45, 2.75) is 12.5 Å². The van der Waals surface area contributed by atoms with Crippen molar-refractivity contribution in [3.05, 3.63) is 59.1 Å². The number of hydrogen-bond donors (Lipinski definition) is 1. The topological polar surface area (TPSA) is 62.3 Å². The highest BCUT2D eigenvalue weighted by Gasteiger charge is 2.34. The third-order valence-corrected chi connectivity index (χ3v) is 3.85. The molecule has 1 aromatic heterocycles. The maximum Gasteiger partial charge on any atom is 0.252 e. The Balaban J connectivity index is 1.72. The molecule has 1 saturated heterocycles. The normalized spacial score (nSPS) is 17.4. The van der Waals surface area contributed by atoms with Crippen LogP contribution in [0.25, 0.3) is 0 Å². The summed E-state index contributed by atoms with van der Waals surface area (Å²) in [5.74, 6) is -1.21. The van der Waals surface area contributed by atoms with Gasteiger partial charge in [0.05, 0.1) is 5.69 Å². The molecule has 1 N–H and O–H groups in total. The number of hydrogen-bond acceptors (Lipinski definition) is 3. The molecule has 5 nitrogen and oxygen atoms in total. The molecule has 0 aliphatic carbocycles. The smallest absolute Gasteiger partial charge is 0.252 e. The summed E-state index contributed by atoms with van der Waals surface area (Å²) in [6.45, 7) is 0.349. The van der Waals surface area contributed by atoms with Crippen LogP contribution in [0, 0.1) is 5.82 Å². The fraction of sp³-hybridized carbons (Fsp3) is 0.188. The number of nitrogens with one attached hydrogen (secondary N) is 1. The lowest BCUT2D eigenvalue weighted by Crippen LogP contribution is -2.41. The molecule has 118 valence electrons. The van der Waals surface area contributed by atoms with Crippen LogP contribution in [0.5, 0.6) is 0 Å². The largest absolute Gasteiger partial charge is 0.340 e. The number of aromatic nitrogens is 1. The van der Waals surface area contributed by atoms with Gasteiger partial charge in [-0.05, 0) is 30.7 Å². The van der Waals surface area contributed by atoms with Gasteiger partial charge in [-0.1, -0.05) is 23.7 Å². The van der Waals surface area contributed by atoms with Crippen LogP contribution in [0.2, 0.25) is 5.15 Å². The van der Waals surface area contributed by atoms with Gasteiger partial charge in [0.2, 0.25) is 5.91 Å². The van der Waals surface area contributed by atoms with Crippen LogP contribution in [0.1, 0.15) is 16.8 Å². The van der Waals surface area contributed by atoms with Gasteiger partial charge in [-0.15, -0.1) is 0 Å². The van der Waals surface area contributed by atoms with Gasteiger partial charge in [0.15, 0.2) is 0 Å². The summed E-state index contributed by atoms with van der Waals surface area (Å²) in [5.41, 5.74) is 0.545. The number of para-hydroxylation sites is 1. The highest BCUT2D eigenvalue weighted by atomic mass is 35.5. The van der Waals surface area contributed by atoms with Gasteiger partial charge in [0.1, 0.15) is 17.0 Å². The fourth-order valence-electron chi connectivity index (χ4n) is 2.51. The van der Waals surface area contributed by atoms with E-state index >= 15 is 0 Å². The molecular weight excluding hydrogens is 321 g/mol. The SMILES string of the molecule is O=C(N[C@@H]1CCN(c2ccccc2F)C1=O)c1ccnc(Cl)c1. The van der Waals surface area contributed by atoms with E-state index < -0.39 is 17.8 Å². The second-order valence-electron chi connectivity index (χ2n) is 5.12. The first-order chi connectivity index (χ1) is 11.1. The number of halogens is 2. The summed E-state index contributed by atoms with van der Waals surface area (Å²) in [6, 6.07) is 8.31. The monoisotopic (exact) mass is 333 g/mol. The number of pyridine rings is 1. The minimum absolute atomic E-state index is 0.198. The molecule has 1 aliphatic heterocycles. The molecule has 23 heavy (non-hydrogen) atoms. The zero-order valence-corrected chi connectivity index (χ0v) is 12.8. The van der Waals surface area contributed by atoms with Crippen molar-refractivity contribution in [3.63, 3.8) is 0 Å². The summed E-state index contributed by atoms with van der Waals surface area (Å²) in [5, 5.41) is 2.85. The van der Waals surface area contributed by atoms with Crippen molar-refractivity contribution in [2.75, 3.05) is 11.4 Å². The molecule has 2 amide bonds. The number of carbonyl (C=O) groups excluding carboxylic acids is 2. The van der Waals surface area contributed by atoms with E-state index in [9.17, 15) is 14.0 Å². The minimum Gasteiger partial charge on any atom is -0.340 e. The van der Waals surface area contributed by atoms with E-state index in [1.54, 1.807) is 18.2 Å². The first-order valence-corrected chi connectivity index (χ1v) is 7.42. The number of rotatable bonds is 3. The second kappa shape index (κ2) is 6.34. The van der Waals surface area contributed by atoms with Crippen molar-refractivity contribution < 1.29 is 14.0 Å². The predicted octanol–water partition coefficient (Wildman–Crippen LogP) is 2.41. The number of nitrogens with zero attached hydrogens (tertiary/aromatic N) is 2. The van der Waals surface area contributed by atoms with Crippen LogP contribution >= 0.6 is 11.6 Å². The Hall–Kier alpha value is -2.47. The van der Waals surface area contributed by atoms with Crippen LogP contribution in [0.15, 0.2) is 42.6 Å². The van der Waals surface area contributed by atoms with E-state index in [2.05, 4.69) is 10.3 Å². The summed E-state index contributed by atoms with van der Waals surface area (Å²) >= 11 is 5.75. The van der Waals surface area contributed by atoms with Gasteiger partial charge in [-0.2, -0.15) is 0 Å². The maximum atomic E-state index is 13.8. The molecule has 0 saturated carbocycles. The van der Waals surface area contributed by atoms with Gasteiger partial charge >= 0.3 is 0 Å². The van der Waals surface area contributed by atoms with E-state index in [1.807, 2.05) is 0 Å². The predicted molar refractivity (Wildman–Crippen MR) is 83.9 cm³/mol. The molecule has 2 heterocycles. The Morgan fingerprint density at radius 2 is 2.13 bits per heavy atom. The Kier molecular flexibility index (Phi) is 4.25. The molecule has 7 heteroatoms. The second-order valence-corrected chi connectivity index (χ2v) is 5.51. The van der Waals surface area contributed by atoms with Crippen molar-refractivity contribution in [3.8, 4) is 0 Å². The minimum atomic E-state index is -0.686. The molecule has 1 fully saturated rings. The lowest BCUT2D eigenvalue weighted by Gasteiger charge is -2.17. The third-order valence-electron chi connectivity index (χ3n) is 3.64. The van der Waals surface area contributed by atoms with Crippen LogP contribution in [0.3, 0.4) is 0 Å². The van der Waals surface area contributed by atoms with E-state index in [0.717, 1.165) is 0 Å². The van der Waals surface area contributed by atoms with Crippen LogP contribution < -0.4 is 10.2 Å². The first-order valence-electron chi connectivity index (χ1n) is 7.04. The van der Waals surface area contributed by atoms with Crippen molar-refractivity contribution in [1.82, 2.24) is 10.3 Å². The molecule has 0 spiro atoms. The highest BCUT2D eigenvalue weighted by Crippen LogP contribution is 2.24. The van der Waals surface area contributed by atoms with Crippen molar-refractivity contribution in [2.24, 2.45) is 0 Å². The standard InChI is InChI=1S/C16H13ClFN3O2/c17-14-9-10(5-7-19-14)15(22)20-12-6-8-21(16(12)23)13-4-2-1-3-11(13)18/h1-5,7,9,12H,6,8H2,(H,20,22)/t12-/m1/s1. The Morgan fingerprint density at radius 1 is 1.35 bits per heavy atom. The third kappa shape index (κ3) is 3.17. The van der Waals surface area contributed by atoms with Gasteiger partial charge in [0, 0.05) is 18.3 Å². The van der Waals surface area contributed by atoms with Gasteiger partial charge in [-0.3, -0.25) is 9.59 Å². The summed E-state index contributed by atoms with van der Waals surface area (Å²) in [7, 11) is 0. The van der Waals surface area contributed by atoms with Gasteiger partial charge in [0.25, 0.3) is 5.91 Å². The van der Waals surface area contributed by atoms with Gasteiger partial charge in [-0.25, -0.2) is 9.37 Å². The van der Waals surface area contributed by atoms with Crippen molar-refractivity contribution in [1.29, 1.82) is 0 Å². The summed E-state index contributed by atoms with van der Waals surface area (Å²) in [6.07, 6.45) is 1.83. The number of carbonyl (C=O) groups is 2. The molecule has 0 radical (unpaired) electrons. The highest BCUT2D eigenvalue weighted by molar-refractivity contribution is 6.29. The molecule has 0 unspecified atom stereocenters. The van der Waals surface area contributed by atoms with Crippen LogP contribution in [0.4, 0.5) is 10.1 Å². The number of anilines is 1. The number of amides is 2. The van der Waals surface area contributed by atoms with Crippen molar-refractivity contribution >= 4 is 29.1 Å². The lowest BCUT2D eigenvalue weighted by molar-refractivity contribution is -0.118. The van der Waals surface area contributed by atoms with Crippen LogP contribution in [-0.4, -0.2) is 29.4 Å². The fourth-order valence-corrected chi connectivity index (χ4v) is 2.68. The molecule has 1 aliphatic rings. The molecule has 2 aromatic rings. The van der Waals surface area contributed by atoms with E-state index in [4.69, 9.17) is 11.6 Å². The molecule has 1 atom stereocenters. The summed E-state index contributed by atoms with van der Waals surface area (Å²) in [4.78, 5) is 29.7. The van der Waals surface area contributed by atoms with Gasteiger partial charge < -0.3 is 10.2 Å². The summed E-state index contributed by atoms with van der Waals surface area (Å²) < 4.78 is 13.8. The van der Waals surface area contributed by atoms with Crippen LogP contribution in [-0.2, 0) is 4.79 Å². The Morgan fingerprint density at radius 3 is 2.87 bits per heavy atom. The Bertz CT molecular complexity index is 768. The van der Waals surface area contributed by atoms with E-state index in [1.165, 1.54) is 29.3 Å². The molecular formula is C16H13ClFN3O2. The number of benzene rings is 1. The average molecular weight is 334 g/mol. The van der Waals surface area contributed by atoms with E-state index in [-0.39, 0.29) is 16.7 Å². The molecule has 1 aromatic carbocycles. The maximum absolute atomic E-state index is 13.8. The molecule has 0 bridgehead atoms. The zero-order valence-electron chi connectivity index (χ0n) is 12.0. The molecule has 3 rings (SSSR count). The first kappa shape index (κ1) is 15.4. The Labute approximate surface area is 137 Å². The van der Waals surface area contributed by atoms with E-state index in [0.29, 0.717) is 18.5 Å². The average Bonchev–Trinajstić information content (AvgIpc) is 2.89. The lowest BCUT2D eigenvalue weighted by atomic mass is 10.2.